The van der Waals surface area contributed by atoms with Crippen molar-refractivity contribution in [3.8, 4) is 0 Å². The quantitative estimate of drug-likeness (QED) is 0.765. The standard InChI is InChI=1S/C12H22N4O2S/c1-7-4-5-11(8(7)2)16-19(17,18)12-10(6-13)9(3)14-15-12/h7-8,11,16H,4-6,13H2,1-3H3,(H,14,15). The predicted molar refractivity (Wildman–Crippen MR) is 72.9 cm³/mol. The lowest BCUT2D eigenvalue weighted by atomic mass is 9.98. The summed E-state index contributed by atoms with van der Waals surface area (Å²) < 4.78 is 27.5. The van der Waals surface area contributed by atoms with Crippen LogP contribution < -0.4 is 10.5 Å². The van der Waals surface area contributed by atoms with Gasteiger partial charge in [-0.25, -0.2) is 13.1 Å². The number of aromatic nitrogens is 2. The first-order chi connectivity index (χ1) is 8.86. The topological polar surface area (TPSA) is 101 Å². The average Bonchev–Trinajstić information content (AvgIpc) is 2.87. The molecule has 1 aromatic rings. The van der Waals surface area contributed by atoms with Crippen molar-refractivity contribution >= 4 is 10.0 Å². The van der Waals surface area contributed by atoms with Gasteiger partial charge in [0.1, 0.15) is 0 Å². The SMILES string of the molecule is Cc1[nH]nc(S(=O)(=O)NC2CCC(C)C2C)c1CN. The molecule has 1 aromatic heterocycles. The normalized spacial score (nSPS) is 27.9. The van der Waals surface area contributed by atoms with Gasteiger partial charge < -0.3 is 5.73 Å². The molecule has 0 bridgehead atoms. The minimum Gasteiger partial charge on any atom is -0.326 e. The Labute approximate surface area is 114 Å². The van der Waals surface area contributed by atoms with Crippen molar-refractivity contribution in [3.63, 3.8) is 0 Å². The number of sulfonamides is 1. The van der Waals surface area contributed by atoms with Gasteiger partial charge in [-0.15, -0.1) is 0 Å². The number of nitrogens with zero attached hydrogens (tertiary/aromatic N) is 1. The number of aromatic amines is 1. The number of rotatable bonds is 4. The molecular weight excluding hydrogens is 264 g/mol. The summed E-state index contributed by atoms with van der Waals surface area (Å²) in [6.45, 7) is 6.18. The molecule has 1 saturated carbocycles. The molecule has 1 aliphatic carbocycles. The van der Waals surface area contributed by atoms with E-state index < -0.39 is 10.0 Å². The van der Waals surface area contributed by atoms with Gasteiger partial charge in [0.25, 0.3) is 10.0 Å². The van der Waals surface area contributed by atoms with E-state index in [1.807, 2.05) is 0 Å². The van der Waals surface area contributed by atoms with Gasteiger partial charge in [-0.1, -0.05) is 13.8 Å². The van der Waals surface area contributed by atoms with Crippen LogP contribution in [-0.4, -0.2) is 24.7 Å². The predicted octanol–water partition coefficient (Wildman–Crippen LogP) is 0.890. The lowest BCUT2D eigenvalue weighted by molar-refractivity contribution is 0.401. The molecule has 108 valence electrons. The zero-order valence-corrected chi connectivity index (χ0v) is 12.4. The molecule has 0 aliphatic heterocycles. The Morgan fingerprint density at radius 2 is 2.11 bits per heavy atom. The molecule has 1 fully saturated rings. The van der Waals surface area contributed by atoms with Crippen LogP contribution in [0.5, 0.6) is 0 Å². The maximum absolute atomic E-state index is 12.4. The second-order valence-corrected chi connectivity index (χ2v) is 7.11. The highest BCUT2D eigenvalue weighted by molar-refractivity contribution is 7.89. The molecule has 19 heavy (non-hydrogen) atoms. The van der Waals surface area contributed by atoms with Crippen LogP contribution in [-0.2, 0) is 16.6 Å². The molecule has 7 heteroatoms. The van der Waals surface area contributed by atoms with E-state index in [1.165, 1.54) is 0 Å². The second kappa shape index (κ2) is 5.22. The van der Waals surface area contributed by atoms with Crippen molar-refractivity contribution < 1.29 is 8.42 Å². The number of aryl methyl sites for hydroxylation is 1. The summed E-state index contributed by atoms with van der Waals surface area (Å²) in [7, 11) is -3.59. The fourth-order valence-corrected chi connectivity index (χ4v) is 4.25. The third-order valence-electron chi connectivity index (χ3n) is 4.27. The molecule has 0 amide bonds. The fraction of sp³-hybridized carbons (Fsp3) is 0.750. The summed E-state index contributed by atoms with van der Waals surface area (Å²) in [4.78, 5) is 0. The molecule has 0 radical (unpaired) electrons. The second-order valence-electron chi connectivity index (χ2n) is 5.48. The van der Waals surface area contributed by atoms with Crippen molar-refractivity contribution in [2.45, 2.75) is 51.2 Å². The van der Waals surface area contributed by atoms with Crippen molar-refractivity contribution in [1.29, 1.82) is 0 Å². The van der Waals surface area contributed by atoms with Crippen molar-refractivity contribution in [2.24, 2.45) is 17.6 Å². The third kappa shape index (κ3) is 2.68. The van der Waals surface area contributed by atoms with Gasteiger partial charge in [-0.2, -0.15) is 5.10 Å². The Hall–Kier alpha value is -0.920. The van der Waals surface area contributed by atoms with Crippen molar-refractivity contribution in [1.82, 2.24) is 14.9 Å². The van der Waals surface area contributed by atoms with Gasteiger partial charge in [-0.05, 0) is 31.6 Å². The molecule has 1 aliphatic rings. The van der Waals surface area contributed by atoms with E-state index in [2.05, 4.69) is 28.8 Å². The van der Waals surface area contributed by atoms with Gasteiger partial charge in [0, 0.05) is 23.8 Å². The van der Waals surface area contributed by atoms with Crippen LogP contribution in [0.25, 0.3) is 0 Å². The number of hydrogen-bond acceptors (Lipinski definition) is 4. The molecule has 1 heterocycles. The Morgan fingerprint density at radius 1 is 1.42 bits per heavy atom. The minimum absolute atomic E-state index is 0.0115. The Balaban J connectivity index is 2.23. The van der Waals surface area contributed by atoms with E-state index in [4.69, 9.17) is 5.73 Å². The fourth-order valence-electron chi connectivity index (χ4n) is 2.68. The van der Waals surface area contributed by atoms with E-state index >= 15 is 0 Å². The average molecular weight is 286 g/mol. The van der Waals surface area contributed by atoms with Crippen molar-refractivity contribution in [2.75, 3.05) is 0 Å². The molecule has 0 aromatic carbocycles. The molecule has 0 spiro atoms. The van der Waals surface area contributed by atoms with E-state index in [9.17, 15) is 8.42 Å². The summed E-state index contributed by atoms with van der Waals surface area (Å²) in [6.07, 6.45) is 1.93. The van der Waals surface area contributed by atoms with E-state index in [0.29, 0.717) is 23.1 Å². The minimum atomic E-state index is -3.59. The summed E-state index contributed by atoms with van der Waals surface area (Å²) in [6, 6.07) is -0.0115. The van der Waals surface area contributed by atoms with Crippen LogP contribution in [0.2, 0.25) is 0 Å². The van der Waals surface area contributed by atoms with Crippen LogP contribution in [0.15, 0.2) is 5.03 Å². The van der Waals surface area contributed by atoms with Gasteiger partial charge in [0.15, 0.2) is 5.03 Å². The van der Waals surface area contributed by atoms with Crippen LogP contribution in [0, 0.1) is 18.8 Å². The first-order valence-corrected chi connectivity index (χ1v) is 8.11. The first kappa shape index (κ1) is 14.5. The van der Waals surface area contributed by atoms with Crippen LogP contribution >= 0.6 is 0 Å². The Bertz CT molecular complexity index is 552. The number of nitrogens with one attached hydrogen (secondary N) is 2. The van der Waals surface area contributed by atoms with E-state index in [-0.39, 0.29) is 17.6 Å². The molecule has 0 saturated heterocycles. The number of nitrogens with two attached hydrogens (primary N) is 1. The summed E-state index contributed by atoms with van der Waals surface area (Å²) in [5, 5.41) is 6.62. The Morgan fingerprint density at radius 3 is 2.63 bits per heavy atom. The van der Waals surface area contributed by atoms with Crippen molar-refractivity contribution in [3.05, 3.63) is 11.3 Å². The largest absolute Gasteiger partial charge is 0.326 e. The van der Waals surface area contributed by atoms with Crippen LogP contribution in [0.3, 0.4) is 0 Å². The molecular formula is C12H22N4O2S. The highest BCUT2D eigenvalue weighted by Crippen LogP contribution is 2.32. The van der Waals surface area contributed by atoms with Crippen LogP contribution in [0.4, 0.5) is 0 Å². The van der Waals surface area contributed by atoms with Gasteiger partial charge in [-0.3, -0.25) is 5.10 Å². The highest BCUT2D eigenvalue weighted by Gasteiger charge is 2.34. The van der Waals surface area contributed by atoms with Gasteiger partial charge in [0.05, 0.1) is 0 Å². The lowest BCUT2D eigenvalue weighted by Crippen LogP contribution is -2.38. The molecule has 4 N–H and O–H groups in total. The van der Waals surface area contributed by atoms with E-state index in [0.717, 1.165) is 12.8 Å². The van der Waals surface area contributed by atoms with Gasteiger partial charge >= 0.3 is 0 Å². The summed E-state index contributed by atoms with van der Waals surface area (Å²) in [5.74, 6) is 0.888. The zero-order valence-electron chi connectivity index (χ0n) is 11.6. The molecule has 3 atom stereocenters. The summed E-state index contributed by atoms with van der Waals surface area (Å²) >= 11 is 0. The molecule has 6 nitrogen and oxygen atoms in total. The highest BCUT2D eigenvalue weighted by atomic mass is 32.2. The third-order valence-corrected chi connectivity index (χ3v) is 5.73. The Kier molecular flexibility index (Phi) is 3.98. The van der Waals surface area contributed by atoms with E-state index in [1.54, 1.807) is 6.92 Å². The zero-order chi connectivity index (χ0) is 14.2. The molecule has 2 rings (SSSR count). The number of hydrogen-bond donors (Lipinski definition) is 3. The molecule has 3 unspecified atom stereocenters. The number of H-pyrrole nitrogens is 1. The van der Waals surface area contributed by atoms with Crippen LogP contribution in [0.1, 0.15) is 37.9 Å². The maximum atomic E-state index is 12.4. The first-order valence-electron chi connectivity index (χ1n) is 6.63. The summed E-state index contributed by atoms with van der Waals surface area (Å²) in [5.41, 5.74) is 6.86. The maximum Gasteiger partial charge on any atom is 0.260 e. The van der Waals surface area contributed by atoms with Gasteiger partial charge in [0.2, 0.25) is 0 Å². The lowest BCUT2D eigenvalue weighted by Gasteiger charge is -2.19. The monoisotopic (exact) mass is 286 g/mol. The smallest absolute Gasteiger partial charge is 0.260 e.